The molecule has 4 aromatic heterocycles. The lowest BCUT2D eigenvalue weighted by atomic mass is 10.1. The van der Waals surface area contributed by atoms with Gasteiger partial charge >= 0.3 is 6.01 Å². The van der Waals surface area contributed by atoms with Gasteiger partial charge in [-0.25, -0.2) is 9.55 Å². The number of oxazole rings is 1. The zero-order chi connectivity index (χ0) is 17.7. The summed E-state index contributed by atoms with van der Waals surface area (Å²) in [5.41, 5.74) is 2.92. The van der Waals surface area contributed by atoms with Crippen molar-refractivity contribution in [2.45, 2.75) is 13.5 Å². The zero-order valence-corrected chi connectivity index (χ0v) is 13.9. The summed E-state index contributed by atoms with van der Waals surface area (Å²) in [4.78, 5) is 16.8. The average Bonchev–Trinajstić information content (AvgIpc) is 3.41. The topological polar surface area (TPSA) is 83.1 Å². The monoisotopic (exact) mass is 346 g/mol. The molecule has 0 saturated heterocycles. The fourth-order valence-electron chi connectivity index (χ4n) is 3.22. The molecule has 1 aromatic carbocycles. The van der Waals surface area contributed by atoms with Gasteiger partial charge in [-0.1, -0.05) is 12.1 Å². The normalized spacial score (nSPS) is 11.6. The van der Waals surface area contributed by atoms with Gasteiger partial charge in [-0.15, -0.1) is 0 Å². The Kier molecular flexibility index (Phi) is 3.05. The molecule has 0 amide bonds. The first-order valence-corrected chi connectivity index (χ1v) is 8.22. The highest BCUT2D eigenvalue weighted by Gasteiger charge is 2.16. The maximum absolute atomic E-state index is 12.5. The molecule has 4 heterocycles. The van der Waals surface area contributed by atoms with Gasteiger partial charge < -0.3 is 4.42 Å². The van der Waals surface area contributed by atoms with Crippen LogP contribution >= 0.6 is 0 Å². The average molecular weight is 346 g/mol. The van der Waals surface area contributed by atoms with Crippen molar-refractivity contribution in [3.05, 3.63) is 65.5 Å². The van der Waals surface area contributed by atoms with E-state index in [4.69, 9.17) is 4.42 Å². The van der Waals surface area contributed by atoms with E-state index in [1.807, 2.05) is 36.0 Å². The molecule has 8 heteroatoms. The number of nitrogens with zero attached hydrogens (tertiary/aromatic N) is 6. The van der Waals surface area contributed by atoms with Crippen LogP contribution in [-0.2, 0) is 6.54 Å². The van der Waals surface area contributed by atoms with Gasteiger partial charge in [-0.05, 0) is 13.0 Å². The highest BCUT2D eigenvalue weighted by Crippen LogP contribution is 2.27. The molecule has 26 heavy (non-hydrogen) atoms. The van der Waals surface area contributed by atoms with Gasteiger partial charge in [0.05, 0.1) is 29.8 Å². The fraction of sp³-hybridized carbons (Fsp3) is 0.111. The number of rotatable bonds is 3. The van der Waals surface area contributed by atoms with Crippen molar-refractivity contribution < 1.29 is 4.42 Å². The third-order valence-electron chi connectivity index (χ3n) is 4.41. The summed E-state index contributed by atoms with van der Waals surface area (Å²) in [5, 5.41) is 9.52. The van der Waals surface area contributed by atoms with Crippen LogP contribution in [0.2, 0.25) is 0 Å². The van der Waals surface area contributed by atoms with Gasteiger partial charge in [0.25, 0.3) is 5.56 Å². The molecule has 0 aliphatic carbocycles. The lowest BCUT2D eigenvalue weighted by molar-refractivity contribution is 0.529. The number of hydrogen-bond acceptors (Lipinski definition) is 5. The van der Waals surface area contributed by atoms with Gasteiger partial charge in [0.2, 0.25) is 0 Å². The lowest BCUT2D eigenvalue weighted by Crippen LogP contribution is -2.18. The number of benzene rings is 1. The quantitative estimate of drug-likeness (QED) is 0.501. The Bertz CT molecular complexity index is 1290. The van der Waals surface area contributed by atoms with Crippen molar-refractivity contribution >= 4 is 16.6 Å². The van der Waals surface area contributed by atoms with Crippen molar-refractivity contribution in [2.24, 2.45) is 0 Å². The molecule has 5 aromatic rings. The summed E-state index contributed by atoms with van der Waals surface area (Å²) in [5.74, 6) is 0. The van der Waals surface area contributed by atoms with Crippen LogP contribution < -0.4 is 5.56 Å². The van der Waals surface area contributed by atoms with E-state index in [1.54, 1.807) is 23.0 Å². The molecule has 5 rings (SSSR count). The summed E-state index contributed by atoms with van der Waals surface area (Å²) in [7, 11) is 0. The van der Waals surface area contributed by atoms with Crippen molar-refractivity contribution in [1.82, 2.24) is 28.9 Å². The molecule has 128 valence electrons. The molecular formula is C18H14N6O2. The van der Waals surface area contributed by atoms with E-state index in [2.05, 4.69) is 15.2 Å². The second-order valence-corrected chi connectivity index (χ2v) is 5.85. The predicted molar refractivity (Wildman–Crippen MR) is 95.3 cm³/mol. The largest absolute Gasteiger partial charge is 0.432 e. The minimum atomic E-state index is -0.216. The maximum Gasteiger partial charge on any atom is 0.307 e. The summed E-state index contributed by atoms with van der Waals surface area (Å²) < 4.78 is 10.5. The van der Waals surface area contributed by atoms with Crippen molar-refractivity contribution in [3.63, 3.8) is 0 Å². The van der Waals surface area contributed by atoms with Crippen LogP contribution in [0.25, 0.3) is 33.8 Å². The Balaban J connectivity index is 1.87. The summed E-state index contributed by atoms with van der Waals surface area (Å²) >= 11 is 0. The Labute approximate surface area is 146 Å². The molecule has 0 aliphatic heterocycles. The summed E-state index contributed by atoms with van der Waals surface area (Å²) in [6.07, 6.45) is 6.48. The third kappa shape index (κ3) is 2.02. The molecule has 0 unspecified atom stereocenters. The third-order valence-corrected chi connectivity index (χ3v) is 4.41. The highest BCUT2D eigenvalue weighted by molar-refractivity contribution is 5.84. The summed E-state index contributed by atoms with van der Waals surface area (Å²) in [6.45, 7) is 2.81. The number of aryl methyl sites for hydroxylation is 1. The van der Waals surface area contributed by atoms with Crippen LogP contribution in [0.5, 0.6) is 0 Å². The minimum Gasteiger partial charge on any atom is -0.432 e. The van der Waals surface area contributed by atoms with Crippen LogP contribution in [-0.4, -0.2) is 28.9 Å². The van der Waals surface area contributed by atoms with Crippen LogP contribution in [0.4, 0.5) is 0 Å². The molecule has 0 aliphatic rings. The SMILES string of the molecule is CCn1ncc2ccc(-c3cc(=O)n4nccc4n3-c3ncco3)cc21. The molecule has 0 fully saturated rings. The van der Waals surface area contributed by atoms with Crippen molar-refractivity contribution in [2.75, 3.05) is 0 Å². The van der Waals surface area contributed by atoms with E-state index in [9.17, 15) is 4.79 Å². The van der Waals surface area contributed by atoms with Gasteiger partial charge in [-0.2, -0.15) is 14.7 Å². The van der Waals surface area contributed by atoms with Crippen LogP contribution in [0, 0.1) is 0 Å². The van der Waals surface area contributed by atoms with Gasteiger partial charge in [0.1, 0.15) is 11.9 Å². The van der Waals surface area contributed by atoms with E-state index in [-0.39, 0.29) is 5.56 Å². The molecule has 0 spiro atoms. The van der Waals surface area contributed by atoms with Crippen LogP contribution in [0.1, 0.15) is 6.92 Å². The lowest BCUT2D eigenvalue weighted by Gasteiger charge is -2.12. The molecular weight excluding hydrogens is 332 g/mol. The molecule has 0 saturated carbocycles. The molecule has 8 nitrogen and oxygen atoms in total. The minimum absolute atomic E-state index is 0.216. The maximum atomic E-state index is 12.5. The number of aromatic nitrogens is 6. The van der Waals surface area contributed by atoms with Gasteiger partial charge in [-0.3, -0.25) is 9.48 Å². The molecule has 0 radical (unpaired) electrons. The first-order chi connectivity index (χ1) is 12.8. The van der Waals surface area contributed by atoms with Gasteiger partial charge in [0, 0.05) is 29.6 Å². The Morgan fingerprint density at radius 2 is 2.04 bits per heavy atom. The van der Waals surface area contributed by atoms with Crippen LogP contribution in [0.15, 0.2) is 64.4 Å². The highest BCUT2D eigenvalue weighted by atomic mass is 16.4. The van der Waals surface area contributed by atoms with Crippen LogP contribution in [0.3, 0.4) is 0 Å². The zero-order valence-electron chi connectivity index (χ0n) is 13.9. The van der Waals surface area contributed by atoms with E-state index in [0.29, 0.717) is 17.4 Å². The van der Waals surface area contributed by atoms with Crippen molar-refractivity contribution in [3.8, 4) is 17.3 Å². The Morgan fingerprint density at radius 3 is 2.85 bits per heavy atom. The number of hydrogen-bond donors (Lipinski definition) is 0. The fourth-order valence-corrected chi connectivity index (χ4v) is 3.22. The Hall–Kier alpha value is -3.68. The van der Waals surface area contributed by atoms with Crippen molar-refractivity contribution in [1.29, 1.82) is 0 Å². The molecule has 0 atom stereocenters. The first kappa shape index (κ1) is 14.6. The molecule has 0 N–H and O–H groups in total. The van der Waals surface area contributed by atoms with E-state index in [1.165, 1.54) is 16.8 Å². The van der Waals surface area contributed by atoms with Gasteiger partial charge in [0.15, 0.2) is 0 Å². The molecule has 0 bridgehead atoms. The predicted octanol–water partition coefficient (Wildman–Crippen LogP) is 2.51. The Morgan fingerprint density at radius 1 is 1.12 bits per heavy atom. The summed E-state index contributed by atoms with van der Waals surface area (Å²) in [6, 6.07) is 9.64. The second-order valence-electron chi connectivity index (χ2n) is 5.85. The van der Waals surface area contributed by atoms with E-state index < -0.39 is 0 Å². The standard InChI is InChI=1S/C18H14N6O2/c1-2-22-14-9-12(3-4-13(14)11-21-22)15-10-17(25)24-16(5-6-20-24)23(15)18-19-7-8-26-18/h3-11H,2H2,1H3. The smallest absolute Gasteiger partial charge is 0.307 e. The van der Waals surface area contributed by atoms with E-state index in [0.717, 1.165) is 23.0 Å². The van der Waals surface area contributed by atoms with E-state index >= 15 is 0 Å². The number of fused-ring (bicyclic) bond motifs is 2. The second kappa shape index (κ2) is 5.41. The first-order valence-electron chi connectivity index (χ1n) is 8.22.